The molecule has 1 heterocycles. The summed E-state index contributed by atoms with van der Waals surface area (Å²) < 4.78 is 13.8. The molecule has 10 heteroatoms. The van der Waals surface area contributed by atoms with Gasteiger partial charge in [-0.1, -0.05) is 20.8 Å². The van der Waals surface area contributed by atoms with Crippen LogP contribution in [0.4, 0.5) is 9.18 Å². The molecule has 0 aliphatic carbocycles. The zero-order valence-electron chi connectivity index (χ0n) is 14.6. The zero-order valence-corrected chi connectivity index (χ0v) is 14.6. The van der Waals surface area contributed by atoms with Crippen LogP contribution >= 0.6 is 0 Å². The minimum absolute atomic E-state index is 0.0161. The van der Waals surface area contributed by atoms with E-state index in [2.05, 4.69) is 5.32 Å². The Hall–Kier alpha value is -2.49. The Kier molecular flexibility index (Phi) is 6.25. The van der Waals surface area contributed by atoms with E-state index < -0.39 is 40.0 Å². The minimum Gasteiger partial charge on any atom is -0.332 e. The Bertz CT molecular complexity index is 770. The predicted molar refractivity (Wildman–Crippen MR) is 86.9 cm³/mol. The number of hydrogen-bond acceptors (Lipinski definition) is 5. The van der Waals surface area contributed by atoms with E-state index in [1.54, 1.807) is 38.2 Å². The van der Waals surface area contributed by atoms with E-state index in [0.29, 0.717) is 23.6 Å². The first-order valence-corrected chi connectivity index (χ1v) is 7.70. The van der Waals surface area contributed by atoms with Crippen molar-refractivity contribution in [3.05, 3.63) is 32.9 Å². The second-order valence-electron chi connectivity index (χ2n) is 7.00. The second-order valence-corrected chi connectivity index (χ2v) is 7.00. The maximum absolute atomic E-state index is 13.3. The highest BCUT2D eigenvalue weighted by Gasteiger charge is 2.34. The van der Waals surface area contributed by atoms with Crippen LogP contribution in [0.15, 0.2) is 15.8 Å². The lowest BCUT2D eigenvalue weighted by Gasteiger charge is -2.37. The molecule has 140 valence electrons. The van der Waals surface area contributed by atoms with Gasteiger partial charge in [0.05, 0.1) is 6.20 Å². The van der Waals surface area contributed by atoms with Crippen molar-refractivity contribution in [1.82, 2.24) is 20.3 Å². The Morgan fingerprint density at radius 2 is 1.92 bits per heavy atom. The van der Waals surface area contributed by atoms with Crippen LogP contribution < -0.4 is 22.0 Å². The van der Waals surface area contributed by atoms with Crippen LogP contribution in [-0.2, 0) is 4.79 Å². The molecule has 0 aromatic carbocycles. The van der Waals surface area contributed by atoms with Crippen LogP contribution in [0.2, 0.25) is 0 Å². The SMILES string of the molecule is CCC(C)(CC(C)(C)CC(=O)NO)NC(=O)n1cc(F)c(=O)[nH]c1=O. The van der Waals surface area contributed by atoms with E-state index in [1.165, 1.54) is 0 Å². The molecule has 0 fully saturated rings. The lowest BCUT2D eigenvalue weighted by Crippen LogP contribution is -2.52. The summed E-state index contributed by atoms with van der Waals surface area (Å²) in [6.45, 7) is 7.09. The summed E-state index contributed by atoms with van der Waals surface area (Å²) in [7, 11) is 0. The fraction of sp³-hybridized carbons (Fsp3) is 0.600. The van der Waals surface area contributed by atoms with Crippen LogP contribution in [0, 0.1) is 11.2 Å². The summed E-state index contributed by atoms with van der Waals surface area (Å²) in [5.74, 6) is -1.82. The third-order valence-corrected chi connectivity index (χ3v) is 3.94. The maximum atomic E-state index is 13.3. The van der Waals surface area contributed by atoms with Crippen molar-refractivity contribution in [1.29, 1.82) is 0 Å². The van der Waals surface area contributed by atoms with Crippen LogP contribution in [0.5, 0.6) is 0 Å². The summed E-state index contributed by atoms with van der Waals surface area (Å²) >= 11 is 0. The lowest BCUT2D eigenvalue weighted by molar-refractivity contribution is -0.131. The third-order valence-electron chi connectivity index (χ3n) is 3.94. The average Bonchev–Trinajstić information content (AvgIpc) is 2.49. The van der Waals surface area contributed by atoms with E-state index >= 15 is 0 Å². The highest BCUT2D eigenvalue weighted by Crippen LogP contribution is 2.33. The fourth-order valence-electron chi connectivity index (χ4n) is 2.77. The largest absolute Gasteiger partial charge is 0.336 e. The number of aromatic amines is 1. The summed E-state index contributed by atoms with van der Waals surface area (Å²) in [5, 5.41) is 11.3. The van der Waals surface area contributed by atoms with Crippen molar-refractivity contribution < 1.29 is 19.2 Å². The number of amides is 2. The first-order chi connectivity index (χ1) is 11.4. The molecule has 0 saturated carbocycles. The van der Waals surface area contributed by atoms with Gasteiger partial charge in [0.25, 0.3) is 5.56 Å². The summed E-state index contributed by atoms with van der Waals surface area (Å²) in [6.07, 6.45) is 1.35. The second kappa shape index (κ2) is 7.60. The van der Waals surface area contributed by atoms with E-state index in [1.807, 2.05) is 0 Å². The lowest BCUT2D eigenvalue weighted by atomic mass is 9.75. The van der Waals surface area contributed by atoms with E-state index in [4.69, 9.17) is 5.21 Å². The monoisotopic (exact) mass is 358 g/mol. The summed E-state index contributed by atoms with van der Waals surface area (Å²) in [6, 6.07) is -0.896. The summed E-state index contributed by atoms with van der Waals surface area (Å²) in [4.78, 5) is 48.1. The van der Waals surface area contributed by atoms with Crippen LogP contribution in [-0.4, -0.2) is 32.2 Å². The van der Waals surface area contributed by atoms with Gasteiger partial charge in [0, 0.05) is 12.0 Å². The Labute approximate surface area is 143 Å². The molecule has 1 aromatic heterocycles. The van der Waals surface area contributed by atoms with Gasteiger partial charge < -0.3 is 5.32 Å². The molecule has 4 N–H and O–H groups in total. The molecule has 0 aliphatic heterocycles. The molecule has 9 nitrogen and oxygen atoms in total. The standard InChI is InChI=1S/C15H23FN4O5/c1-5-15(4,8-14(2,3)6-10(21)19-25)18-13(24)20-7-9(16)11(22)17-12(20)23/h7,25H,5-6,8H2,1-4H3,(H,18,24)(H,19,21)(H,17,22,23). The van der Waals surface area contributed by atoms with Crippen molar-refractivity contribution in [2.45, 2.75) is 52.5 Å². The molecule has 1 atom stereocenters. The molecule has 0 bridgehead atoms. The molecule has 0 aliphatic rings. The van der Waals surface area contributed by atoms with Gasteiger partial charge in [-0.3, -0.25) is 19.8 Å². The number of carbonyl (C=O) groups excluding carboxylic acids is 2. The van der Waals surface area contributed by atoms with Crippen molar-refractivity contribution in [3.63, 3.8) is 0 Å². The van der Waals surface area contributed by atoms with Gasteiger partial charge in [0.2, 0.25) is 11.7 Å². The zero-order chi connectivity index (χ0) is 19.4. The number of aromatic nitrogens is 2. The highest BCUT2D eigenvalue weighted by atomic mass is 19.1. The molecule has 1 aromatic rings. The van der Waals surface area contributed by atoms with Gasteiger partial charge in [-0.15, -0.1) is 0 Å². The number of halogens is 1. The fourth-order valence-corrected chi connectivity index (χ4v) is 2.77. The maximum Gasteiger partial charge on any atom is 0.336 e. The van der Waals surface area contributed by atoms with Crippen LogP contribution in [0.25, 0.3) is 0 Å². The molecular formula is C15H23FN4O5. The molecule has 2 amide bonds. The van der Waals surface area contributed by atoms with Gasteiger partial charge in [-0.25, -0.2) is 19.6 Å². The van der Waals surface area contributed by atoms with Crippen LogP contribution in [0.3, 0.4) is 0 Å². The van der Waals surface area contributed by atoms with E-state index in [9.17, 15) is 23.6 Å². The Morgan fingerprint density at radius 1 is 1.32 bits per heavy atom. The van der Waals surface area contributed by atoms with Crippen molar-refractivity contribution in [3.8, 4) is 0 Å². The average molecular weight is 358 g/mol. The highest BCUT2D eigenvalue weighted by molar-refractivity contribution is 5.77. The van der Waals surface area contributed by atoms with Gasteiger partial charge in [-0.05, 0) is 25.2 Å². The number of hydroxylamine groups is 1. The van der Waals surface area contributed by atoms with Crippen molar-refractivity contribution >= 4 is 11.9 Å². The number of hydrogen-bond donors (Lipinski definition) is 4. The van der Waals surface area contributed by atoms with E-state index in [0.717, 1.165) is 0 Å². The van der Waals surface area contributed by atoms with Crippen molar-refractivity contribution in [2.75, 3.05) is 0 Å². The molecule has 0 radical (unpaired) electrons. The quantitative estimate of drug-likeness (QED) is 0.439. The smallest absolute Gasteiger partial charge is 0.332 e. The van der Waals surface area contributed by atoms with Gasteiger partial charge in [0.1, 0.15) is 0 Å². The first kappa shape index (κ1) is 20.6. The molecule has 0 spiro atoms. The molecule has 25 heavy (non-hydrogen) atoms. The molecule has 1 rings (SSSR count). The summed E-state index contributed by atoms with van der Waals surface area (Å²) in [5.41, 5.74) is -2.09. The minimum atomic E-state index is -1.26. The Morgan fingerprint density at radius 3 is 2.44 bits per heavy atom. The topological polar surface area (TPSA) is 133 Å². The van der Waals surface area contributed by atoms with Gasteiger partial charge in [0.15, 0.2) is 0 Å². The number of nitrogens with zero attached hydrogens (tertiary/aromatic N) is 1. The van der Waals surface area contributed by atoms with Crippen LogP contribution in [0.1, 0.15) is 47.0 Å². The Balaban J connectivity index is 3.02. The van der Waals surface area contributed by atoms with Gasteiger partial charge >= 0.3 is 11.7 Å². The van der Waals surface area contributed by atoms with Gasteiger partial charge in [-0.2, -0.15) is 4.39 Å². The number of H-pyrrole nitrogens is 1. The number of nitrogens with one attached hydrogen (secondary N) is 3. The number of rotatable bonds is 6. The first-order valence-electron chi connectivity index (χ1n) is 7.70. The van der Waals surface area contributed by atoms with E-state index in [-0.39, 0.29) is 6.42 Å². The predicted octanol–water partition coefficient (Wildman–Crippen LogP) is 0.714. The van der Waals surface area contributed by atoms with Crippen molar-refractivity contribution in [2.24, 2.45) is 5.41 Å². The number of carbonyl (C=O) groups is 2. The third kappa shape index (κ3) is 5.52. The normalized spacial score (nSPS) is 13.8. The molecule has 0 saturated heterocycles. The molecule has 1 unspecified atom stereocenters. The molecular weight excluding hydrogens is 335 g/mol.